The van der Waals surface area contributed by atoms with E-state index in [4.69, 9.17) is 9.47 Å². The van der Waals surface area contributed by atoms with Crippen molar-refractivity contribution in [3.63, 3.8) is 0 Å². The summed E-state index contributed by atoms with van der Waals surface area (Å²) in [6.07, 6.45) is 0.801. The van der Waals surface area contributed by atoms with Crippen LogP contribution >= 0.6 is 0 Å². The summed E-state index contributed by atoms with van der Waals surface area (Å²) in [5.41, 5.74) is -0.412. The zero-order chi connectivity index (χ0) is 15.6. The van der Waals surface area contributed by atoms with E-state index >= 15 is 0 Å². The van der Waals surface area contributed by atoms with Crippen molar-refractivity contribution < 1.29 is 18.8 Å². The average Bonchev–Trinajstić information content (AvgIpc) is 2.47. The molecule has 0 bridgehead atoms. The number of anilines is 1. The van der Waals surface area contributed by atoms with Crippen molar-refractivity contribution in [2.24, 2.45) is 0 Å². The number of morpholine rings is 1. The highest BCUT2D eigenvalue weighted by atomic mass is 19.1. The van der Waals surface area contributed by atoms with Crippen molar-refractivity contribution in [1.82, 2.24) is 0 Å². The molecule has 1 heterocycles. The Morgan fingerprint density at radius 1 is 1.57 bits per heavy atom. The lowest BCUT2D eigenvalue weighted by atomic mass is 10.0. The Morgan fingerprint density at radius 3 is 2.86 bits per heavy atom. The number of hydrogen-bond acceptors (Lipinski definition) is 5. The molecule has 0 saturated carbocycles. The van der Waals surface area contributed by atoms with Crippen LogP contribution in [0.4, 0.5) is 15.8 Å². The highest BCUT2D eigenvalue weighted by molar-refractivity contribution is 5.60. The summed E-state index contributed by atoms with van der Waals surface area (Å²) < 4.78 is 25.0. The van der Waals surface area contributed by atoms with Gasteiger partial charge < -0.3 is 14.4 Å². The maximum Gasteiger partial charge on any atom is 0.313 e. The summed E-state index contributed by atoms with van der Waals surface area (Å²) >= 11 is 0. The number of rotatable bonds is 4. The van der Waals surface area contributed by atoms with Gasteiger partial charge in [0, 0.05) is 19.2 Å². The van der Waals surface area contributed by atoms with E-state index in [9.17, 15) is 14.5 Å². The second kappa shape index (κ2) is 5.85. The Bertz CT molecular complexity index is 552. The number of nitro groups is 1. The molecule has 1 unspecified atom stereocenters. The van der Waals surface area contributed by atoms with Gasteiger partial charge in [-0.25, -0.2) is 4.39 Å². The fraction of sp³-hybridized carbons (Fsp3) is 0.571. The van der Waals surface area contributed by atoms with Gasteiger partial charge in [-0.1, -0.05) is 6.92 Å². The van der Waals surface area contributed by atoms with Gasteiger partial charge in [0.05, 0.1) is 36.0 Å². The van der Waals surface area contributed by atoms with Gasteiger partial charge in [-0.15, -0.1) is 0 Å². The zero-order valence-corrected chi connectivity index (χ0v) is 12.4. The first-order chi connectivity index (χ1) is 9.90. The van der Waals surface area contributed by atoms with E-state index < -0.39 is 10.7 Å². The smallest absolute Gasteiger partial charge is 0.313 e. The van der Waals surface area contributed by atoms with Gasteiger partial charge in [0.1, 0.15) is 0 Å². The molecule has 1 aliphatic heterocycles. The lowest BCUT2D eigenvalue weighted by Crippen LogP contribution is -2.50. The van der Waals surface area contributed by atoms with E-state index in [1.807, 2.05) is 18.7 Å². The highest BCUT2D eigenvalue weighted by Gasteiger charge is 2.32. The lowest BCUT2D eigenvalue weighted by molar-refractivity contribution is -0.385. The molecule has 0 aliphatic carbocycles. The van der Waals surface area contributed by atoms with E-state index in [0.717, 1.165) is 12.5 Å². The summed E-state index contributed by atoms with van der Waals surface area (Å²) in [4.78, 5) is 12.1. The molecule has 0 N–H and O–H groups in total. The minimum absolute atomic E-state index is 0.0566. The number of halogens is 1. The van der Waals surface area contributed by atoms with Crippen LogP contribution in [0.15, 0.2) is 12.1 Å². The molecular weight excluding hydrogens is 279 g/mol. The van der Waals surface area contributed by atoms with Crippen LogP contribution in [0, 0.1) is 15.9 Å². The second-order valence-electron chi connectivity index (χ2n) is 5.31. The molecule has 21 heavy (non-hydrogen) atoms. The van der Waals surface area contributed by atoms with Gasteiger partial charge in [-0.2, -0.15) is 0 Å². The van der Waals surface area contributed by atoms with Crippen molar-refractivity contribution in [3.05, 3.63) is 28.1 Å². The third-order valence-electron chi connectivity index (χ3n) is 3.87. The molecule has 0 radical (unpaired) electrons. The summed E-state index contributed by atoms with van der Waals surface area (Å²) in [6.45, 7) is 5.54. The Kier molecular flexibility index (Phi) is 4.32. The predicted octanol–water partition coefficient (Wildman–Crippen LogP) is 2.75. The van der Waals surface area contributed by atoms with Crippen molar-refractivity contribution in [2.45, 2.75) is 25.9 Å². The largest absolute Gasteiger partial charge is 0.490 e. The topological polar surface area (TPSA) is 64.8 Å². The number of nitrogens with zero attached hydrogens (tertiary/aromatic N) is 2. The van der Waals surface area contributed by atoms with E-state index in [1.54, 1.807) is 0 Å². The molecule has 0 spiro atoms. The third-order valence-corrected chi connectivity index (χ3v) is 3.87. The van der Waals surface area contributed by atoms with Crippen LogP contribution in [0.25, 0.3) is 0 Å². The molecule has 6 nitrogen and oxygen atoms in total. The lowest BCUT2D eigenvalue weighted by Gasteiger charge is -2.41. The molecule has 0 aromatic heterocycles. The number of benzene rings is 1. The van der Waals surface area contributed by atoms with Gasteiger partial charge in [0.2, 0.25) is 0 Å². The molecule has 116 valence electrons. The van der Waals surface area contributed by atoms with Gasteiger partial charge in [0.25, 0.3) is 0 Å². The summed E-state index contributed by atoms with van der Waals surface area (Å²) in [5, 5.41) is 10.9. The van der Waals surface area contributed by atoms with E-state index in [-0.39, 0.29) is 17.0 Å². The molecule has 1 aromatic carbocycles. The van der Waals surface area contributed by atoms with Crippen LogP contribution in [-0.4, -0.2) is 37.3 Å². The molecular formula is C14H19FN2O4. The standard InChI is InChI=1S/C14H19FN2O4/c1-4-14(2)9-16(5-6-21-14)11-8-13(20-3)12(17(18)19)7-10(11)15/h7-8H,4-6,9H2,1-3H3. The van der Waals surface area contributed by atoms with Crippen molar-refractivity contribution in [2.75, 3.05) is 31.7 Å². The first-order valence-corrected chi connectivity index (χ1v) is 6.81. The number of methoxy groups -OCH3 is 1. The number of nitro benzene ring substituents is 1. The number of ether oxygens (including phenoxy) is 2. The Hall–Kier alpha value is -1.89. The Morgan fingerprint density at radius 2 is 2.29 bits per heavy atom. The molecule has 1 aromatic rings. The number of hydrogen-bond donors (Lipinski definition) is 0. The SMILES string of the molecule is CCC1(C)CN(c2cc(OC)c([N+](=O)[O-])cc2F)CCO1. The molecule has 2 rings (SSSR count). The van der Waals surface area contributed by atoms with E-state index in [1.165, 1.54) is 13.2 Å². The van der Waals surface area contributed by atoms with Crippen LogP contribution in [0.1, 0.15) is 20.3 Å². The minimum Gasteiger partial charge on any atom is -0.490 e. The fourth-order valence-corrected chi connectivity index (χ4v) is 2.43. The normalized spacial score (nSPS) is 22.2. The fourth-order valence-electron chi connectivity index (χ4n) is 2.43. The molecule has 0 amide bonds. The Balaban J connectivity index is 2.38. The second-order valence-corrected chi connectivity index (χ2v) is 5.31. The maximum atomic E-state index is 14.2. The minimum atomic E-state index is -0.652. The van der Waals surface area contributed by atoms with Crippen molar-refractivity contribution >= 4 is 11.4 Å². The zero-order valence-electron chi connectivity index (χ0n) is 12.4. The summed E-state index contributed by atoms with van der Waals surface area (Å²) in [6, 6.07) is 2.29. The van der Waals surface area contributed by atoms with Gasteiger partial charge in [0.15, 0.2) is 11.6 Å². The van der Waals surface area contributed by atoms with E-state index in [2.05, 4.69) is 0 Å². The predicted molar refractivity (Wildman–Crippen MR) is 76.5 cm³/mol. The van der Waals surface area contributed by atoms with Crippen molar-refractivity contribution in [3.8, 4) is 5.75 Å². The van der Waals surface area contributed by atoms with Gasteiger partial charge >= 0.3 is 5.69 Å². The van der Waals surface area contributed by atoms with Crippen LogP contribution in [0.2, 0.25) is 0 Å². The molecule has 1 fully saturated rings. The molecule has 1 saturated heterocycles. The van der Waals surface area contributed by atoms with Crippen LogP contribution in [0.3, 0.4) is 0 Å². The van der Waals surface area contributed by atoms with Gasteiger partial charge in [-0.05, 0) is 13.3 Å². The highest BCUT2D eigenvalue weighted by Crippen LogP contribution is 2.36. The first-order valence-electron chi connectivity index (χ1n) is 6.81. The first kappa shape index (κ1) is 15.5. The van der Waals surface area contributed by atoms with Gasteiger partial charge in [-0.3, -0.25) is 10.1 Å². The average molecular weight is 298 g/mol. The monoisotopic (exact) mass is 298 g/mol. The third kappa shape index (κ3) is 3.07. The van der Waals surface area contributed by atoms with Crippen LogP contribution in [-0.2, 0) is 4.74 Å². The molecule has 1 atom stereocenters. The summed E-state index contributed by atoms with van der Waals surface area (Å²) in [7, 11) is 1.33. The maximum absolute atomic E-state index is 14.2. The molecule has 7 heteroatoms. The van der Waals surface area contributed by atoms with E-state index in [0.29, 0.717) is 25.4 Å². The van der Waals surface area contributed by atoms with Crippen LogP contribution < -0.4 is 9.64 Å². The summed E-state index contributed by atoms with van der Waals surface area (Å²) in [5.74, 6) is -0.566. The Labute approximate surface area is 122 Å². The van der Waals surface area contributed by atoms with Crippen molar-refractivity contribution in [1.29, 1.82) is 0 Å². The molecule has 1 aliphatic rings. The van der Waals surface area contributed by atoms with Crippen LogP contribution in [0.5, 0.6) is 5.75 Å². The quantitative estimate of drug-likeness (QED) is 0.631.